The summed E-state index contributed by atoms with van der Waals surface area (Å²) in [6, 6.07) is 3.71. The summed E-state index contributed by atoms with van der Waals surface area (Å²) in [5.41, 5.74) is 3.25. The van der Waals surface area contributed by atoms with Gasteiger partial charge in [0, 0.05) is 44.1 Å². The second kappa shape index (κ2) is 6.94. The van der Waals surface area contributed by atoms with Gasteiger partial charge in [-0.25, -0.2) is 9.37 Å². The molecule has 0 bridgehead atoms. The number of pyridine rings is 1. The Morgan fingerprint density at radius 3 is 2.96 bits per heavy atom. The highest BCUT2D eigenvalue weighted by Crippen LogP contribution is 2.31. The summed E-state index contributed by atoms with van der Waals surface area (Å²) in [6.45, 7) is 8.38. The normalized spacial score (nSPS) is 17.5. The zero-order valence-corrected chi connectivity index (χ0v) is 16.4. The Balaban J connectivity index is 1.57. The SMILES string of the molecule is Cc1cn2cc(NC(=O)c3sc(N4CCNC(C)C4)cc3F)c(C)cc2n1. The third-order valence-corrected chi connectivity index (χ3v) is 5.90. The fourth-order valence-corrected chi connectivity index (χ4v) is 4.33. The molecule has 1 aliphatic rings. The van der Waals surface area contributed by atoms with Crippen LogP contribution in [0, 0.1) is 19.7 Å². The van der Waals surface area contributed by atoms with Crippen molar-refractivity contribution < 1.29 is 9.18 Å². The number of aromatic nitrogens is 2. The van der Waals surface area contributed by atoms with E-state index < -0.39 is 11.7 Å². The molecule has 6 nitrogen and oxygen atoms in total. The monoisotopic (exact) mass is 387 g/mol. The molecule has 1 unspecified atom stereocenters. The lowest BCUT2D eigenvalue weighted by Crippen LogP contribution is -2.49. The predicted molar refractivity (Wildman–Crippen MR) is 107 cm³/mol. The summed E-state index contributed by atoms with van der Waals surface area (Å²) < 4.78 is 16.3. The van der Waals surface area contributed by atoms with E-state index in [-0.39, 0.29) is 4.88 Å². The summed E-state index contributed by atoms with van der Waals surface area (Å²) in [5, 5.41) is 7.00. The lowest BCUT2D eigenvalue weighted by Gasteiger charge is -2.32. The van der Waals surface area contributed by atoms with Crippen molar-refractivity contribution in [2.24, 2.45) is 0 Å². The van der Waals surface area contributed by atoms with Crippen molar-refractivity contribution in [1.82, 2.24) is 14.7 Å². The molecule has 1 atom stereocenters. The first kappa shape index (κ1) is 17.9. The van der Waals surface area contributed by atoms with Crippen LogP contribution < -0.4 is 15.5 Å². The third-order valence-electron chi connectivity index (χ3n) is 4.73. The Bertz CT molecular complexity index is 1010. The van der Waals surface area contributed by atoms with E-state index in [4.69, 9.17) is 0 Å². The van der Waals surface area contributed by atoms with Crippen LogP contribution in [0.2, 0.25) is 0 Å². The quantitative estimate of drug-likeness (QED) is 0.725. The number of aryl methyl sites for hydroxylation is 2. The Hall–Kier alpha value is -2.45. The highest BCUT2D eigenvalue weighted by atomic mass is 32.1. The molecule has 0 aromatic carbocycles. The van der Waals surface area contributed by atoms with E-state index in [9.17, 15) is 9.18 Å². The van der Waals surface area contributed by atoms with Crippen molar-refractivity contribution in [3.8, 4) is 0 Å². The van der Waals surface area contributed by atoms with Crippen LogP contribution in [0.1, 0.15) is 27.9 Å². The van der Waals surface area contributed by atoms with E-state index in [2.05, 4.69) is 27.4 Å². The molecule has 2 N–H and O–H groups in total. The molecular formula is C19H22FN5OS. The van der Waals surface area contributed by atoms with Crippen molar-refractivity contribution in [3.63, 3.8) is 0 Å². The van der Waals surface area contributed by atoms with Crippen LogP contribution in [0.4, 0.5) is 15.1 Å². The van der Waals surface area contributed by atoms with E-state index in [1.807, 2.05) is 36.7 Å². The molecule has 1 amide bonds. The number of hydrogen-bond donors (Lipinski definition) is 2. The van der Waals surface area contributed by atoms with Gasteiger partial charge in [0.25, 0.3) is 5.91 Å². The largest absolute Gasteiger partial charge is 0.361 e. The number of anilines is 2. The maximum Gasteiger partial charge on any atom is 0.268 e. The van der Waals surface area contributed by atoms with E-state index in [1.165, 1.54) is 17.4 Å². The number of amides is 1. The van der Waals surface area contributed by atoms with Gasteiger partial charge in [0.2, 0.25) is 0 Å². The smallest absolute Gasteiger partial charge is 0.268 e. The number of hydrogen-bond acceptors (Lipinski definition) is 5. The first-order chi connectivity index (χ1) is 12.9. The van der Waals surface area contributed by atoms with Crippen LogP contribution in [-0.4, -0.2) is 41.0 Å². The molecule has 0 aliphatic carbocycles. The van der Waals surface area contributed by atoms with Gasteiger partial charge in [-0.05, 0) is 32.4 Å². The van der Waals surface area contributed by atoms with Crippen molar-refractivity contribution in [2.75, 3.05) is 29.9 Å². The van der Waals surface area contributed by atoms with Gasteiger partial charge >= 0.3 is 0 Å². The molecule has 0 spiro atoms. The van der Waals surface area contributed by atoms with Gasteiger partial charge in [-0.2, -0.15) is 0 Å². The van der Waals surface area contributed by atoms with Crippen LogP contribution in [0.25, 0.3) is 5.65 Å². The molecule has 4 heterocycles. The minimum atomic E-state index is -0.476. The lowest BCUT2D eigenvalue weighted by atomic mass is 10.2. The standard InChI is InChI=1S/C19H22FN5OS/c1-11-6-16-22-13(3)9-25(16)10-15(11)23-19(26)18-14(20)7-17(27-18)24-5-4-21-12(2)8-24/h6-7,9-10,12,21H,4-5,8H2,1-3H3,(H,23,26). The fraction of sp³-hybridized carbons (Fsp3) is 0.368. The van der Waals surface area contributed by atoms with Gasteiger partial charge in [0.05, 0.1) is 16.4 Å². The maximum absolute atomic E-state index is 14.5. The van der Waals surface area contributed by atoms with Gasteiger partial charge in [0.1, 0.15) is 16.3 Å². The number of halogens is 1. The summed E-state index contributed by atoms with van der Waals surface area (Å²) in [7, 11) is 0. The molecule has 1 fully saturated rings. The zero-order chi connectivity index (χ0) is 19.1. The maximum atomic E-state index is 14.5. The molecule has 3 aromatic rings. The number of nitrogens with zero attached hydrogens (tertiary/aromatic N) is 3. The summed E-state index contributed by atoms with van der Waals surface area (Å²) in [4.78, 5) is 19.3. The van der Waals surface area contributed by atoms with Crippen LogP contribution >= 0.6 is 11.3 Å². The molecule has 3 aromatic heterocycles. The van der Waals surface area contributed by atoms with Crippen LogP contribution in [0.5, 0.6) is 0 Å². The fourth-order valence-electron chi connectivity index (χ4n) is 3.37. The average molecular weight is 387 g/mol. The van der Waals surface area contributed by atoms with Gasteiger partial charge < -0.3 is 19.9 Å². The molecular weight excluding hydrogens is 365 g/mol. The topological polar surface area (TPSA) is 61.7 Å². The average Bonchev–Trinajstić information content (AvgIpc) is 3.17. The zero-order valence-electron chi connectivity index (χ0n) is 15.5. The number of nitrogens with one attached hydrogen (secondary N) is 2. The Labute approximate surface area is 161 Å². The molecule has 4 rings (SSSR count). The van der Waals surface area contributed by atoms with Crippen LogP contribution in [0.3, 0.4) is 0 Å². The second-order valence-electron chi connectivity index (χ2n) is 7.03. The van der Waals surface area contributed by atoms with Gasteiger partial charge in [-0.15, -0.1) is 11.3 Å². The van der Waals surface area contributed by atoms with Crippen molar-refractivity contribution in [3.05, 3.63) is 46.5 Å². The lowest BCUT2D eigenvalue weighted by molar-refractivity contribution is 0.102. The van der Waals surface area contributed by atoms with E-state index in [0.29, 0.717) is 11.7 Å². The van der Waals surface area contributed by atoms with Gasteiger partial charge in [-0.1, -0.05) is 0 Å². The first-order valence-electron chi connectivity index (χ1n) is 8.95. The Morgan fingerprint density at radius 1 is 1.37 bits per heavy atom. The Morgan fingerprint density at radius 2 is 2.19 bits per heavy atom. The molecule has 0 saturated carbocycles. The number of rotatable bonds is 3. The Kier molecular flexibility index (Phi) is 4.61. The molecule has 0 radical (unpaired) electrons. The number of carbonyl (C=O) groups is 1. The highest BCUT2D eigenvalue weighted by molar-refractivity contribution is 7.18. The molecule has 27 heavy (non-hydrogen) atoms. The van der Waals surface area contributed by atoms with Gasteiger partial charge in [0.15, 0.2) is 0 Å². The van der Waals surface area contributed by atoms with Crippen molar-refractivity contribution in [2.45, 2.75) is 26.8 Å². The number of imidazole rings is 1. The van der Waals surface area contributed by atoms with Crippen molar-refractivity contribution in [1.29, 1.82) is 0 Å². The number of thiophene rings is 1. The molecule has 1 aliphatic heterocycles. The summed E-state index contributed by atoms with van der Waals surface area (Å²) >= 11 is 1.20. The van der Waals surface area contributed by atoms with Crippen LogP contribution in [0.15, 0.2) is 24.5 Å². The summed E-state index contributed by atoms with van der Waals surface area (Å²) in [5.74, 6) is -0.901. The minimum Gasteiger partial charge on any atom is -0.361 e. The number of fused-ring (bicyclic) bond motifs is 1. The van der Waals surface area contributed by atoms with E-state index >= 15 is 0 Å². The van der Waals surface area contributed by atoms with Gasteiger partial charge in [-0.3, -0.25) is 4.79 Å². The van der Waals surface area contributed by atoms with Crippen molar-refractivity contribution >= 4 is 33.6 Å². The molecule has 8 heteroatoms. The first-order valence-corrected chi connectivity index (χ1v) is 9.77. The molecule has 142 valence electrons. The highest BCUT2D eigenvalue weighted by Gasteiger charge is 2.23. The predicted octanol–water partition coefficient (Wildman–Crippen LogP) is 3.20. The summed E-state index contributed by atoms with van der Waals surface area (Å²) in [6.07, 6.45) is 3.70. The number of carbonyl (C=O) groups excluding carboxylic acids is 1. The van der Waals surface area contributed by atoms with E-state index in [1.54, 1.807) is 0 Å². The second-order valence-corrected chi connectivity index (χ2v) is 8.07. The van der Waals surface area contributed by atoms with Crippen LogP contribution in [-0.2, 0) is 0 Å². The number of piperazine rings is 1. The molecule has 1 saturated heterocycles. The third kappa shape index (κ3) is 3.54. The minimum absolute atomic E-state index is 0.109. The van der Waals surface area contributed by atoms with E-state index in [0.717, 1.165) is 41.5 Å².